The van der Waals surface area contributed by atoms with Crippen molar-refractivity contribution in [1.82, 2.24) is 15.2 Å². The molecule has 1 aliphatic rings. The van der Waals surface area contributed by atoms with Crippen LogP contribution in [0.25, 0.3) is 0 Å². The van der Waals surface area contributed by atoms with Crippen LogP contribution in [-0.4, -0.2) is 43.0 Å². The van der Waals surface area contributed by atoms with Gasteiger partial charge in [0.2, 0.25) is 5.91 Å². The van der Waals surface area contributed by atoms with Gasteiger partial charge in [0.15, 0.2) is 11.5 Å². The topological polar surface area (TPSA) is 80.8 Å². The molecule has 4 rings (SSSR count). The maximum Gasteiger partial charge on any atom is 0.254 e. The average Bonchev–Trinajstić information content (AvgIpc) is 2.84. The molecular weight excluding hydrogens is 406 g/mol. The number of methoxy groups -OCH3 is 2. The summed E-state index contributed by atoms with van der Waals surface area (Å²) < 4.78 is 10.8. The van der Waals surface area contributed by atoms with Gasteiger partial charge >= 0.3 is 0 Å². The third-order valence-corrected chi connectivity index (χ3v) is 5.78. The number of nitrogens with zero attached hydrogens (tertiary/aromatic N) is 2. The number of amides is 2. The molecule has 1 N–H and O–H groups in total. The van der Waals surface area contributed by atoms with Crippen molar-refractivity contribution in [3.8, 4) is 11.5 Å². The molecule has 0 aliphatic carbocycles. The predicted molar refractivity (Wildman–Crippen MR) is 120 cm³/mol. The van der Waals surface area contributed by atoms with Gasteiger partial charge in [0, 0.05) is 18.8 Å². The van der Waals surface area contributed by atoms with E-state index in [-0.39, 0.29) is 11.8 Å². The second-order valence-corrected chi connectivity index (χ2v) is 7.58. The molecular formula is C25H25N3O4. The maximum absolute atomic E-state index is 13.5. The Balaban J connectivity index is 1.76. The van der Waals surface area contributed by atoms with Crippen molar-refractivity contribution in [2.24, 2.45) is 0 Å². The van der Waals surface area contributed by atoms with Gasteiger partial charge < -0.3 is 19.7 Å². The van der Waals surface area contributed by atoms with Gasteiger partial charge in [0.05, 0.1) is 38.4 Å². The number of carbonyl (C=O) groups excluding carboxylic acids is 2. The van der Waals surface area contributed by atoms with Gasteiger partial charge in [-0.3, -0.25) is 14.6 Å². The highest BCUT2D eigenvalue weighted by Crippen LogP contribution is 2.43. The molecule has 2 aromatic carbocycles. The van der Waals surface area contributed by atoms with Crippen LogP contribution in [0, 0.1) is 0 Å². The first kappa shape index (κ1) is 21.4. The fourth-order valence-electron chi connectivity index (χ4n) is 4.20. The van der Waals surface area contributed by atoms with Crippen LogP contribution in [0.5, 0.6) is 11.5 Å². The van der Waals surface area contributed by atoms with Crippen LogP contribution in [-0.2, 0) is 11.3 Å². The highest BCUT2D eigenvalue weighted by molar-refractivity contribution is 6.01. The molecule has 1 aliphatic heterocycles. The van der Waals surface area contributed by atoms with Crippen LogP contribution in [0.1, 0.15) is 39.1 Å². The van der Waals surface area contributed by atoms with Gasteiger partial charge in [-0.1, -0.05) is 30.3 Å². The Morgan fingerprint density at radius 2 is 1.78 bits per heavy atom. The van der Waals surface area contributed by atoms with E-state index in [0.717, 1.165) is 11.3 Å². The van der Waals surface area contributed by atoms with E-state index in [1.165, 1.54) is 0 Å². The molecule has 3 aromatic rings. The summed E-state index contributed by atoms with van der Waals surface area (Å²) in [6, 6.07) is 17.8. The summed E-state index contributed by atoms with van der Waals surface area (Å²) in [7, 11) is 4.85. The Kier molecular flexibility index (Phi) is 6.07. The molecule has 7 heteroatoms. The van der Waals surface area contributed by atoms with Crippen LogP contribution in [0.4, 0.5) is 0 Å². The molecule has 2 amide bonds. The lowest BCUT2D eigenvalue weighted by molar-refractivity contribution is -0.124. The molecule has 0 radical (unpaired) electrons. The van der Waals surface area contributed by atoms with Crippen LogP contribution < -0.4 is 14.8 Å². The van der Waals surface area contributed by atoms with E-state index in [0.29, 0.717) is 29.2 Å². The van der Waals surface area contributed by atoms with Crippen molar-refractivity contribution in [2.75, 3.05) is 21.3 Å². The Labute approximate surface area is 187 Å². The fourth-order valence-corrected chi connectivity index (χ4v) is 4.20. The highest BCUT2D eigenvalue weighted by atomic mass is 16.5. The lowest BCUT2D eigenvalue weighted by atomic mass is 9.79. The first-order valence-electron chi connectivity index (χ1n) is 10.3. The third-order valence-electron chi connectivity index (χ3n) is 5.78. The van der Waals surface area contributed by atoms with E-state index in [4.69, 9.17) is 9.47 Å². The molecule has 32 heavy (non-hydrogen) atoms. The van der Waals surface area contributed by atoms with Crippen molar-refractivity contribution in [2.45, 2.75) is 18.5 Å². The summed E-state index contributed by atoms with van der Waals surface area (Å²) in [5, 5.41) is 3.00. The zero-order valence-corrected chi connectivity index (χ0v) is 18.2. The number of fused-ring (bicyclic) bond motifs is 1. The molecule has 7 nitrogen and oxygen atoms in total. The summed E-state index contributed by atoms with van der Waals surface area (Å²) >= 11 is 0. The summed E-state index contributed by atoms with van der Waals surface area (Å²) in [6.07, 6.45) is 1.69. The fraction of sp³-hybridized carbons (Fsp3) is 0.240. The van der Waals surface area contributed by atoms with Gasteiger partial charge in [-0.05, 0) is 41.5 Å². The molecule has 0 fully saturated rings. The number of pyridine rings is 1. The molecule has 0 saturated carbocycles. The Bertz CT molecular complexity index is 1130. The zero-order chi connectivity index (χ0) is 22.7. The van der Waals surface area contributed by atoms with Crippen LogP contribution in [0.15, 0.2) is 66.9 Å². The van der Waals surface area contributed by atoms with Crippen molar-refractivity contribution >= 4 is 11.8 Å². The predicted octanol–water partition coefficient (Wildman–Crippen LogP) is 3.33. The SMILES string of the molecule is COc1ccc([C@@H]2[C@@H](C(=O)NCc3ccccn3)c3ccccc3C(=O)N2C)cc1OC. The quantitative estimate of drug-likeness (QED) is 0.648. The van der Waals surface area contributed by atoms with E-state index in [1.54, 1.807) is 44.5 Å². The van der Waals surface area contributed by atoms with E-state index in [2.05, 4.69) is 10.3 Å². The van der Waals surface area contributed by atoms with Gasteiger partial charge in [-0.2, -0.15) is 0 Å². The van der Waals surface area contributed by atoms with Crippen molar-refractivity contribution in [3.05, 3.63) is 89.2 Å². The number of aromatic nitrogens is 1. The number of benzene rings is 2. The lowest BCUT2D eigenvalue weighted by Gasteiger charge is -2.40. The summed E-state index contributed by atoms with van der Waals surface area (Å²) in [6.45, 7) is 0.300. The standard InChI is InChI=1S/C25H25N3O4/c1-28-23(16-11-12-20(31-2)21(14-16)32-3)22(18-9-4-5-10-19(18)25(28)30)24(29)27-15-17-8-6-7-13-26-17/h4-14,22-23H,15H2,1-3H3,(H,27,29)/t22-,23+/m0/s1. The molecule has 0 unspecified atom stereocenters. The van der Waals surface area contributed by atoms with Gasteiger partial charge in [0.25, 0.3) is 5.91 Å². The molecule has 0 saturated heterocycles. The number of hydrogen-bond acceptors (Lipinski definition) is 5. The largest absolute Gasteiger partial charge is 0.493 e. The van der Waals surface area contributed by atoms with Crippen molar-refractivity contribution < 1.29 is 19.1 Å². The average molecular weight is 431 g/mol. The second kappa shape index (κ2) is 9.09. The summed E-state index contributed by atoms with van der Waals surface area (Å²) in [5.74, 6) is 0.210. The number of ether oxygens (including phenoxy) is 2. The minimum atomic E-state index is -0.601. The van der Waals surface area contributed by atoms with Gasteiger partial charge in [0.1, 0.15) is 0 Å². The molecule has 0 bridgehead atoms. The molecule has 1 aromatic heterocycles. The third kappa shape index (κ3) is 3.89. The lowest BCUT2D eigenvalue weighted by Crippen LogP contribution is -2.45. The minimum absolute atomic E-state index is 0.130. The van der Waals surface area contributed by atoms with Crippen LogP contribution in [0.3, 0.4) is 0 Å². The molecule has 164 valence electrons. The van der Waals surface area contributed by atoms with E-state index < -0.39 is 12.0 Å². The summed E-state index contributed by atoms with van der Waals surface area (Å²) in [5.41, 5.74) is 2.78. The number of hydrogen-bond donors (Lipinski definition) is 1. The van der Waals surface area contributed by atoms with Crippen LogP contribution in [0.2, 0.25) is 0 Å². The Hall–Kier alpha value is -3.87. The maximum atomic E-state index is 13.5. The number of nitrogens with one attached hydrogen (secondary N) is 1. The van der Waals surface area contributed by atoms with E-state index >= 15 is 0 Å². The zero-order valence-electron chi connectivity index (χ0n) is 18.2. The summed E-state index contributed by atoms with van der Waals surface area (Å²) in [4.78, 5) is 32.6. The molecule has 2 heterocycles. The molecule has 2 atom stereocenters. The Morgan fingerprint density at radius 1 is 1.03 bits per heavy atom. The normalized spacial score (nSPS) is 17.5. The number of carbonyl (C=O) groups is 2. The first-order valence-corrected chi connectivity index (χ1v) is 10.3. The number of likely N-dealkylation sites (N-methyl/N-ethyl adjacent to an activating group) is 1. The second-order valence-electron chi connectivity index (χ2n) is 7.58. The van der Waals surface area contributed by atoms with Crippen molar-refractivity contribution in [1.29, 1.82) is 0 Å². The van der Waals surface area contributed by atoms with Gasteiger partial charge in [-0.15, -0.1) is 0 Å². The smallest absolute Gasteiger partial charge is 0.254 e. The molecule has 0 spiro atoms. The van der Waals surface area contributed by atoms with Crippen molar-refractivity contribution in [3.63, 3.8) is 0 Å². The number of rotatable bonds is 6. The highest BCUT2D eigenvalue weighted by Gasteiger charge is 2.42. The first-order chi connectivity index (χ1) is 15.5. The van der Waals surface area contributed by atoms with E-state index in [1.807, 2.05) is 48.5 Å². The minimum Gasteiger partial charge on any atom is -0.493 e. The monoisotopic (exact) mass is 431 g/mol. The Morgan fingerprint density at radius 3 is 2.50 bits per heavy atom. The van der Waals surface area contributed by atoms with E-state index in [9.17, 15) is 9.59 Å². The van der Waals surface area contributed by atoms with Crippen LogP contribution >= 0.6 is 0 Å². The van der Waals surface area contributed by atoms with Gasteiger partial charge in [-0.25, -0.2) is 0 Å².